The molecular formula is C21H23BrN4O. The van der Waals surface area contributed by atoms with Crippen LogP contribution < -0.4 is 0 Å². The maximum atomic E-state index is 5.89. The summed E-state index contributed by atoms with van der Waals surface area (Å²) in [7, 11) is 0. The van der Waals surface area contributed by atoms with Gasteiger partial charge in [-0.15, -0.1) is 10.2 Å². The molecule has 0 radical (unpaired) electrons. The van der Waals surface area contributed by atoms with E-state index in [1.54, 1.807) is 0 Å². The van der Waals surface area contributed by atoms with Crippen LogP contribution in [0, 0.1) is 0 Å². The molecule has 2 aromatic carbocycles. The molecular weight excluding hydrogens is 404 g/mol. The number of aromatic nitrogens is 2. The first-order valence-electron chi connectivity index (χ1n) is 9.33. The smallest absolute Gasteiger partial charge is 0.247 e. The third-order valence-corrected chi connectivity index (χ3v) is 5.32. The summed E-state index contributed by atoms with van der Waals surface area (Å²) in [6.07, 6.45) is 1.15. The number of benzene rings is 2. The van der Waals surface area contributed by atoms with E-state index in [-0.39, 0.29) is 0 Å². The van der Waals surface area contributed by atoms with Crippen molar-refractivity contribution in [3.63, 3.8) is 0 Å². The highest BCUT2D eigenvalue weighted by Gasteiger charge is 2.18. The summed E-state index contributed by atoms with van der Waals surface area (Å²) >= 11 is 3.48. The first kappa shape index (κ1) is 18.3. The van der Waals surface area contributed by atoms with Crippen molar-refractivity contribution < 1.29 is 4.42 Å². The Morgan fingerprint density at radius 2 is 1.63 bits per heavy atom. The van der Waals surface area contributed by atoms with Crippen molar-refractivity contribution in [2.24, 2.45) is 0 Å². The van der Waals surface area contributed by atoms with Crippen LogP contribution >= 0.6 is 15.9 Å². The van der Waals surface area contributed by atoms with Crippen molar-refractivity contribution in [3.05, 3.63) is 70.5 Å². The molecule has 0 bridgehead atoms. The van der Waals surface area contributed by atoms with E-state index in [0.29, 0.717) is 18.3 Å². The molecule has 0 aliphatic carbocycles. The predicted molar refractivity (Wildman–Crippen MR) is 109 cm³/mol. The van der Waals surface area contributed by atoms with Crippen molar-refractivity contribution in [2.75, 3.05) is 26.2 Å². The van der Waals surface area contributed by atoms with Crippen molar-refractivity contribution in [1.29, 1.82) is 0 Å². The second kappa shape index (κ2) is 8.78. The molecule has 1 fully saturated rings. The van der Waals surface area contributed by atoms with Crippen molar-refractivity contribution in [2.45, 2.75) is 19.5 Å². The zero-order valence-electron chi connectivity index (χ0n) is 15.2. The van der Waals surface area contributed by atoms with Gasteiger partial charge in [0.05, 0.1) is 6.54 Å². The molecule has 0 spiro atoms. The fraction of sp³-hybridized carbons (Fsp3) is 0.333. The van der Waals surface area contributed by atoms with Crippen LogP contribution in [0.2, 0.25) is 0 Å². The molecule has 3 aromatic rings. The molecule has 5 nitrogen and oxygen atoms in total. The molecule has 0 atom stereocenters. The highest BCUT2D eigenvalue weighted by molar-refractivity contribution is 9.10. The molecule has 27 heavy (non-hydrogen) atoms. The van der Waals surface area contributed by atoms with E-state index in [1.165, 1.54) is 5.56 Å². The molecule has 4 rings (SSSR count). The topological polar surface area (TPSA) is 45.4 Å². The highest BCUT2D eigenvalue weighted by atomic mass is 79.9. The molecule has 2 heterocycles. The average Bonchev–Trinajstić information content (AvgIpc) is 3.04. The average molecular weight is 427 g/mol. The number of hydrogen-bond acceptors (Lipinski definition) is 5. The Hall–Kier alpha value is -2.02. The molecule has 0 amide bonds. The van der Waals surface area contributed by atoms with E-state index in [2.05, 4.69) is 66.3 Å². The zero-order valence-corrected chi connectivity index (χ0v) is 16.8. The van der Waals surface area contributed by atoms with E-state index < -0.39 is 0 Å². The van der Waals surface area contributed by atoms with Crippen LogP contribution in [-0.4, -0.2) is 46.2 Å². The summed E-state index contributed by atoms with van der Waals surface area (Å²) in [6.45, 7) is 5.98. The molecule has 140 valence electrons. The van der Waals surface area contributed by atoms with Crippen LogP contribution in [0.5, 0.6) is 0 Å². The van der Waals surface area contributed by atoms with Gasteiger partial charge in [0.2, 0.25) is 11.8 Å². The van der Waals surface area contributed by atoms with Gasteiger partial charge in [-0.25, -0.2) is 0 Å². The van der Waals surface area contributed by atoms with Gasteiger partial charge in [-0.3, -0.25) is 9.80 Å². The first-order valence-corrected chi connectivity index (χ1v) is 10.1. The van der Waals surface area contributed by atoms with Crippen LogP contribution in [0.1, 0.15) is 17.9 Å². The third-order valence-electron chi connectivity index (χ3n) is 4.83. The maximum absolute atomic E-state index is 5.89. The summed E-state index contributed by atoms with van der Waals surface area (Å²) in [6, 6.07) is 18.6. The molecule has 0 unspecified atom stereocenters. The monoisotopic (exact) mass is 426 g/mol. The van der Waals surface area contributed by atoms with E-state index in [1.807, 2.05) is 24.3 Å². The summed E-state index contributed by atoms with van der Waals surface area (Å²) in [4.78, 5) is 4.93. The lowest BCUT2D eigenvalue weighted by atomic mass is 10.2. The fourth-order valence-electron chi connectivity index (χ4n) is 3.43. The Kier molecular flexibility index (Phi) is 5.97. The van der Waals surface area contributed by atoms with Crippen LogP contribution in [0.4, 0.5) is 0 Å². The Morgan fingerprint density at radius 3 is 2.41 bits per heavy atom. The minimum atomic E-state index is 0.576. The van der Waals surface area contributed by atoms with E-state index >= 15 is 0 Å². The zero-order chi connectivity index (χ0) is 18.5. The Bertz CT molecular complexity index is 867. The molecule has 1 saturated heterocycles. The fourth-order valence-corrected chi connectivity index (χ4v) is 3.83. The molecule has 1 aromatic heterocycles. The van der Waals surface area contributed by atoms with E-state index in [4.69, 9.17) is 4.42 Å². The number of hydrogen-bond donors (Lipinski definition) is 0. The largest absolute Gasteiger partial charge is 0.419 e. The maximum Gasteiger partial charge on any atom is 0.247 e. The third kappa shape index (κ3) is 5.03. The van der Waals surface area contributed by atoms with Gasteiger partial charge in [-0.2, -0.15) is 0 Å². The summed E-state index contributed by atoms with van der Waals surface area (Å²) in [5.74, 6) is 1.26. The molecule has 1 aliphatic heterocycles. The van der Waals surface area contributed by atoms with Crippen LogP contribution in [-0.2, 0) is 13.1 Å². The summed E-state index contributed by atoms with van der Waals surface area (Å²) in [5, 5.41) is 8.46. The van der Waals surface area contributed by atoms with Gasteiger partial charge in [0.15, 0.2) is 0 Å². The Labute approximate surface area is 168 Å². The molecule has 1 aliphatic rings. The van der Waals surface area contributed by atoms with Crippen molar-refractivity contribution in [1.82, 2.24) is 20.0 Å². The highest BCUT2D eigenvalue weighted by Crippen LogP contribution is 2.22. The van der Waals surface area contributed by atoms with Crippen molar-refractivity contribution >= 4 is 15.9 Å². The molecule has 0 N–H and O–H groups in total. The van der Waals surface area contributed by atoms with Crippen LogP contribution in [0.3, 0.4) is 0 Å². The van der Waals surface area contributed by atoms with Crippen molar-refractivity contribution in [3.8, 4) is 11.5 Å². The number of rotatable bonds is 5. The quantitative estimate of drug-likeness (QED) is 0.611. The van der Waals surface area contributed by atoms with Gasteiger partial charge in [-0.05, 0) is 43.3 Å². The van der Waals surface area contributed by atoms with Gasteiger partial charge >= 0.3 is 0 Å². The molecule has 6 heteroatoms. The second-order valence-corrected chi connectivity index (χ2v) is 7.82. The van der Waals surface area contributed by atoms with Gasteiger partial charge in [-0.1, -0.05) is 52.3 Å². The lowest BCUT2D eigenvalue weighted by Crippen LogP contribution is -2.30. The predicted octanol–water partition coefficient (Wildman–Crippen LogP) is 4.21. The minimum Gasteiger partial charge on any atom is -0.419 e. The number of nitrogens with zero attached hydrogens (tertiary/aromatic N) is 4. The lowest BCUT2D eigenvalue weighted by molar-refractivity contribution is 0.232. The van der Waals surface area contributed by atoms with Gasteiger partial charge in [0.1, 0.15) is 0 Å². The lowest BCUT2D eigenvalue weighted by Gasteiger charge is -2.20. The number of halogens is 1. The Morgan fingerprint density at radius 1 is 0.852 bits per heavy atom. The van der Waals surface area contributed by atoms with Crippen LogP contribution in [0.15, 0.2) is 63.5 Å². The van der Waals surface area contributed by atoms with Crippen LogP contribution in [0.25, 0.3) is 11.5 Å². The van der Waals surface area contributed by atoms with Gasteiger partial charge in [0, 0.05) is 29.7 Å². The van der Waals surface area contributed by atoms with E-state index in [9.17, 15) is 0 Å². The second-order valence-electron chi connectivity index (χ2n) is 6.90. The van der Waals surface area contributed by atoms with Gasteiger partial charge in [0.25, 0.3) is 0 Å². The Balaban J connectivity index is 1.34. The SMILES string of the molecule is Brc1cccc(-c2nnc(CN3CCCN(Cc4ccccc4)CC3)o2)c1. The standard InChI is InChI=1S/C21H23BrN4O/c22-19-9-4-8-18(14-19)21-24-23-20(27-21)16-26-11-5-10-25(12-13-26)15-17-6-2-1-3-7-17/h1-4,6-9,14H,5,10-13,15-16H2. The normalized spacial score (nSPS) is 16.3. The van der Waals surface area contributed by atoms with E-state index in [0.717, 1.165) is 49.2 Å². The first-order chi connectivity index (χ1) is 13.3. The molecule has 0 saturated carbocycles. The minimum absolute atomic E-state index is 0.576. The summed E-state index contributed by atoms with van der Waals surface area (Å²) in [5.41, 5.74) is 2.31. The summed E-state index contributed by atoms with van der Waals surface area (Å²) < 4.78 is 6.90. The van der Waals surface area contributed by atoms with Gasteiger partial charge < -0.3 is 4.42 Å².